The first-order valence-corrected chi connectivity index (χ1v) is 8.36. The minimum atomic E-state index is 0.433. The summed E-state index contributed by atoms with van der Waals surface area (Å²) < 4.78 is 6.83. The molecule has 0 radical (unpaired) electrons. The van der Waals surface area contributed by atoms with Crippen molar-refractivity contribution in [3.05, 3.63) is 17.0 Å². The van der Waals surface area contributed by atoms with Crippen LogP contribution in [0.2, 0.25) is 0 Å². The van der Waals surface area contributed by atoms with E-state index in [1.807, 2.05) is 23.1 Å². The van der Waals surface area contributed by atoms with Gasteiger partial charge in [-0.1, -0.05) is 20.8 Å². The van der Waals surface area contributed by atoms with E-state index in [1.165, 1.54) is 16.2 Å². The summed E-state index contributed by atoms with van der Waals surface area (Å²) in [5.41, 5.74) is 1.49. The van der Waals surface area contributed by atoms with Gasteiger partial charge in [-0.25, -0.2) is 0 Å². The molecule has 2 rings (SSSR count). The lowest BCUT2D eigenvalue weighted by Crippen LogP contribution is -2.41. The lowest BCUT2D eigenvalue weighted by Gasteiger charge is -2.32. The Bertz CT molecular complexity index is 378. The van der Waals surface area contributed by atoms with E-state index in [-0.39, 0.29) is 0 Å². The third kappa shape index (κ3) is 3.29. The number of rotatable bonds is 5. The summed E-state index contributed by atoms with van der Waals surface area (Å²) in [4.78, 5) is 0. The SMILES string of the molecule is COCC(NC1C[C@H](C)Sc2sccc21)C(C)C. The predicted octanol–water partition coefficient (Wildman–Crippen LogP) is 3.93. The zero-order valence-electron chi connectivity index (χ0n) is 11.6. The Balaban J connectivity index is 2.09. The van der Waals surface area contributed by atoms with Crippen LogP contribution in [0.4, 0.5) is 0 Å². The Kier molecular flexibility index (Phi) is 5.13. The monoisotopic (exact) mass is 285 g/mol. The van der Waals surface area contributed by atoms with E-state index in [0.717, 1.165) is 6.61 Å². The number of thiophene rings is 1. The second-order valence-corrected chi connectivity index (χ2v) is 7.98. The van der Waals surface area contributed by atoms with Gasteiger partial charge < -0.3 is 10.1 Å². The van der Waals surface area contributed by atoms with Crippen LogP contribution in [0.3, 0.4) is 0 Å². The highest BCUT2D eigenvalue weighted by molar-refractivity contribution is 8.01. The van der Waals surface area contributed by atoms with Crippen molar-refractivity contribution in [2.75, 3.05) is 13.7 Å². The van der Waals surface area contributed by atoms with Gasteiger partial charge in [-0.2, -0.15) is 0 Å². The van der Waals surface area contributed by atoms with Gasteiger partial charge in [0.05, 0.1) is 10.8 Å². The molecule has 1 aliphatic heterocycles. The first-order chi connectivity index (χ1) is 8.61. The molecular weight excluding hydrogens is 262 g/mol. The number of hydrogen-bond acceptors (Lipinski definition) is 4. The summed E-state index contributed by atoms with van der Waals surface area (Å²) in [6, 6.07) is 3.20. The third-order valence-corrected chi connectivity index (χ3v) is 5.82. The molecule has 3 atom stereocenters. The second-order valence-electron chi connectivity index (χ2n) is 5.35. The summed E-state index contributed by atoms with van der Waals surface area (Å²) in [6.45, 7) is 7.62. The van der Waals surface area contributed by atoms with Crippen LogP contribution in [-0.4, -0.2) is 25.0 Å². The molecular formula is C14H23NOS2. The molecule has 0 fully saturated rings. The third-order valence-electron chi connectivity index (χ3n) is 3.48. The van der Waals surface area contributed by atoms with Crippen LogP contribution in [0, 0.1) is 5.92 Å². The van der Waals surface area contributed by atoms with Crippen molar-refractivity contribution < 1.29 is 4.74 Å². The predicted molar refractivity (Wildman–Crippen MR) is 80.6 cm³/mol. The van der Waals surface area contributed by atoms with E-state index in [0.29, 0.717) is 23.3 Å². The molecule has 1 aromatic heterocycles. The molecule has 0 saturated heterocycles. The maximum Gasteiger partial charge on any atom is 0.0649 e. The van der Waals surface area contributed by atoms with Crippen LogP contribution in [0.15, 0.2) is 15.7 Å². The van der Waals surface area contributed by atoms with Crippen molar-refractivity contribution >= 4 is 23.1 Å². The molecule has 1 aromatic rings. The van der Waals surface area contributed by atoms with E-state index in [9.17, 15) is 0 Å². The smallest absolute Gasteiger partial charge is 0.0649 e. The topological polar surface area (TPSA) is 21.3 Å². The van der Waals surface area contributed by atoms with E-state index in [1.54, 1.807) is 7.11 Å². The highest BCUT2D eigenvalue weighted by Gasteiger charge is 2.28. The van der Waals surface area contributed by atoms with Crippen LogP contribution in [0.25, 0.3) is 0 Å². The zero-order valence-corrected chi connectivity index (χ0v) is 13.2. The standard InChI is InChI=1S/C14H23NOS2/c1-9(2)13(8-16-4)15-12-7-10(3)18-14-11(12)5-6-17-14/h5-6,9-10,12-13,15H,7-8H2,1-4H3/t10-,12?,13?/m0/s1. The van der Waals surface area contributed by atoms with Crippen molar-refractivity contribution in [1.29, 1.82) is 0 Å². The Morgan fingerprint density at radius 2 is 2.28 bits per heavy atom. The molecule has 0 saturated carbocycles. The van der Waals surface area contributed by atoms with Crippen LogP contribution < -0.4 is 5.32 Å². The molecule has 1 aliphatic rings. The number of nitrogens with one attached hydrogen (secondary N) is 1. The molecule has 0 spiro atoms. The fraction of sp³-hybridized carbons (Fsp3) is 0.714. The zero-order chi connectivity index (χ0) is 13.1. The first-order valence-electron chi connectivity index (χ1n) is 6.60. The molecule has 102 valence electrons. The average Bonchev–Trinajstić information content (AvgIpc) is 2.76. The molecule has 2 nitrogen and oxygen atoms in total. The summed E-state index contributed by atoms with van der Waals surface area (Å²) in [5.74, 6) is 0.594. The summed E-state index contributed by atoms with van der Waals surface area (Å²) in [6.07, 6.45) is 1.21. The molecule has 1 N–H and O–H groups in total. The summed E-state index contributed by atoms with van der Waals surface area (Å²) >= 11 is 3.89. The van der Waals surface area contributed by atoms with Gasteiger partial charge in [-0.3, -0.25) is 0 Å². The van der Waals surface area contributed by atoms with Crippen molar-refractivity contribution in [1.82, 2.24) is 5.32 Å². The number of ether oxygens (including phenoxy) is 1. The lowest BCUT2D eigenvalue weighted by molar-refractivity contribution is 0.139. The number of methoxy groups -OCH3 is 1. The fourth-order valence-electron chi connectivity index (χ4n) is 2.38. The van der Waals surface area contributed by atoms with Crippen LogP contribution in [-0.2, 0) is 4.74 Å². The van der Waals surface area contributed by atoms with Gasteiger partial charge in [0.25, 0.3) is 0 Å². The molecule has 0 aromatic carbocycles. The molecule has 18 heavy (non-hydrogen) atoms. The highest BCUT2D eigenvalue weighted by Crippen LogP contribution is 2.43. The van der Waals surface area contributed by atoms with Gasteiger partial charge in [0.1, 0.15) is 0 Å². The number of fused-ring (bicyclic) bond motifs is 1. The van der Waals surface area contributed by atoms with Crippen LogP contribution in [0.5, 0.6) is 0 Å². The molecule has 4 heteroatoms. The van der Waals surface area contributed by atoms with Crippen molar-refractivity contribution in [3.8, 4) is 0 Å². The molecule has 0 amide bonds. The average molecular weight is 285 g/mol. The second kappa shape index (κ2) is 6.42. The minimum Gasteiger partial charge on any atom is -0.383 e. The van der Waals surface area contributed by atoms with Gasteiger partial charge in [-0.15, -0.1) is 23.1 Å². The maximum absolute atomic E-state index is 5.34. The Labute approximate surface area is 119 Å². The van der Waals surface area contributed by atoms with Gasteiger partial charge >= 0.3 is 0 Å². The highest BCUT2D eigenvalue weighted by atomic mass is 32.2. The molecule has 2 heterocycles. The van der Waals surface area contributed by atoms with Gasteiger partial charge in [0.2, 0.25) is 0 Å². The lowest BCUT2D eigenvalue weighted by atomic mass is 9.99. The fourth-order valence-corrected chi connectivity index (χ4v) is 4.94. The van der Waals surface area contributed by atoms with Crippen LogP contribution >= 0.6 is 23.1 Å². The minimum absolute atomic E-state index is 0.433. The van der Waals surface area contributed by atoms with Crippen molar-refractivity contribution in [3.63, 3.8) is 0 Å². The Morgan fingerprint density at radius 3 is 2.94 bits per heavy atom. The molecule has 2 unspecified atom stereocenters. The Hall–Kier alpha value is -0.0300. The van der Waals surface area contributed by atoms with E-state index >= 15 is 0 Å². The molecule has 0 aliphatic carbocycles. The Morgan fingerprint density at radius 1 is 1.50 bits per heavy atom. The summed E-state index contributed by atoms with van der Waals surface area (Å²) in [7, 11) is 1.78. The van der Waals surface area contributed by atoms with E-state index in [4.69, 9.17) is 4.74 Å². The van der Waals surface area contributed by atoms with E-state index < -0.39 is 0 Å². The first kappa shape index (κ1) is 14.4. The molecule has 0 bridgehead atoms. The largest absolute Gasteiger partial charge is 0.383 e. The number of hydrogen-bond donors (Lipinski definition) is 1. The quantitative estimate of drug-likeness (QED) is 0.885. The summed E-state index contributed by atoms with van der Waals surface area (Å²) in [5, 5.41) is 6.71. The number of thioether (sulfide) groups is 1. The van der Waals surface area contributed by atoms with Crippen molar-refractivity contribution in [2.45, 2.75) is 48.7 Å². The van der Waals surface area contributed by atoms with Gasteiger partial charge in [0, 0.05) is 24.4 Å². The van der Waals surface area contributed by atoms with E-state index in [2.05, 4.69) is 37.5 Å². The van der Waals surface area contributed by atoms with Gasteiger partial charge in [-0.05, 0) is 29.3 Å². The maximum atomic E-state index is 5.34. The van der Waals surface area contributed by atoms with Crippen LogP contribution in [0.1, 0.15) is 38.8 Å². The normalized spacial score (nSPS) is 25.2. The van der Waals surface area contributed by atoms with Gasteiger partial charge in [0.15, 0.2) is 0 Å². The van der Waals surface area contributed by atoms with Crippen molar-refractivity contribution in [2.24, 2.45) is 5.92 Å².